The Hall–Kier alpha value is -0.980. The maximum Gasteiger partial charge on any atom is 0.0356 e. The lowest BCUT2D eigenvalue weighted by molar-refractivity contribution is 0.370. The van der Waals surface area contributed by atoms with Gasteiger partial charge in [0.1, 0.15) is 0 Å². The maximum absolute atomic E-state index is 4.14. The third-order valence-corrected chi connectivity index (χ3v) is 3.39. The number of allylic oxidation sites excluding steroid dienone is 4. The molecule has 0 aromatic rings. The molecule has 1 nitrogen and oxygen atoms in total. The van der Waals surface area contributed by atoms with E-state index < -0.39 is 0 Å². The third-order valence-electron chi connectivity index (χ3n) is 3.39. The molecular weight excluding hydrogens is 206 g/mol. The van der Waals surface area contributed by atoms with Crippen molar-refractivity contribution in [2.24, 2.45) is 5.92 Å². The summed E-state index contributed by atoms with van der Waals surface area (Å²) in [6, 6.07) is 0. The zero-order valence-electron chi connectivity index (χ0n) is 11.5. The van der Waals surface area contributed by atoms with Crippen molar-refractivity contribution in [2.45, 2.75) is 46.0 Å². The number of nitrogens with zero attached hydrogens (tertiary/aromatic N) is 1. The van der Waals surface area contributed by atoms with E-state index in [0.29, 0.717) is 0 Å². The summed E-state index contributed by atoms with van der Waals surface area (Å²) in [4.78, 5) is 2.40. The molecule has 96 valence electrons. The fourth-order valence-electron chi connectivity index (χ4n) is 2.24. The van der Waals surface area contributed by atoms with Crippen LogP contribution in [0.15, 0.2) is 36.6 Å². The van der Waals surface area contributed by atoms with Crippen LogP contribution in [0, 0.1) is 5.92 Å². The monoisotopic (exact) mass is 233 g/mol. The first-order chi connectivity index (χ1) is 8.27. The van der Waals surface area contributed by atoms with E-state index in [1.165, 1.54) is 31.4 Å². The van der Waals surface area contributed by atoms with Crippen molar-refractivity contribution >= 4 is 0 Å². The molecule has 1 unspecified atom stereocenters. The molecule has 0 saturated carbocycles. The van der Waals surface area contributed by atoms with Crippen LogP contribution in [0.2, 0.25) is 0 Å². The topological polar surface area (TPSA) is 3.24 Å². The van der Waals surface area contributed by atoms with Crippen molar-refractivity contribution in [2.75, 3.05) is 13.1 Å². The van der Waals surface area contributed by atoms with Gasteiger partial charge in [0.25, 0.3) is 0 Å². The van der Waals surface area contributed by atoms with Crippen molar-refractivity contribution in [3.05, 3.63) is 36.6 Å². The molecule has 0 heterocycles. The Morgan fingerprint density at radius 1 is 1.41 bits per heavy atom. The first-order valence-corrected chi connectivity index (χ1v) is 7.02. The van der Waals surface area contributed by atoms with E-state index in [-0.39, 0.29) is 0 Å². The Morgan fingerprint density at radius 3 is 2.82 bits per heavy atom. The van der Waals surface area contributed by atoms with Gasteiger partial charge < -0.3 is 4.90 Å². The van der Waals surface area contributed by atoms with Crippen molar-refractivity contribution in [3.63, 3.8) is 0 Å². The van der Waals surface area contributed by atoms with E-state index in [0.717, 1.165) is 25.4 Å². The summed E-state index contributed by atoms with van der Waals surface area (Å²) in [5.41, 5.74) is 1.26. The van der Waals surface area contributed by atoms with Crippen LogP contribution in [-0.2, 0) is 0 Å². The van der Waals surface area contributed by atoms with Gasteiger partial charge in [-0.1, -0.05) is 44.7 Å². The number of hydrogen-bond acceptors (Lipinski definition) is 1. The SMILES string of the molecule is C=C(CC)N(C/C=C\C1CC=CCC1)CCC. The Morgan fingerprint density at radius 2 is 2.24 bits per heavy atom. The van der Waals surface area contributed by atoms with Crippen molar-refractivity contribution in [1.29, 1.82) is 0 Å². The molecule has 0 amide bonds. The second kappa shape index (κ2) is 8.16. The van der Waals surface area contributed by atoms with Crippen LogP contribution in [0.5, 0.6) is 0 Å². The van der Waals surface area contributed by atoms with Crippen LogP contribution in [0.1, 0.15) is 46.0 Å². The molecule has 0 fully saturated rings. The van der Waals surface area contributed by atoms with Crippen LogP contribution in [0.25, 0.3) is 0 Å². The van der Waals surface area contributed by atoms with Crippen LogP contribution in [0.4, 0.5) is 0 Å². The van der Waals surface area contributed by atoms with Gasteiger partial charge in [-0.25, -0.2) is 0 Å². The minimum absolute atomic E-state index is 0.762. The fraction of sp³-hybridized carbons (Fsp3) is 0.625. The molecule has 0 aromatic heterocycles. The lowest BCUT2D eigenvalue weighted by Crippen LogP contribution is -2.23. The molecule has 0 aromatic carbocycles. The summed E-state index contributed by atoms with van der Waals surface area (Å²) < 4.78 is 0. The molecule has 0 spiro atoms. The Labute approximate surface area is 107 Å². The van der Waals surface area contributed by atoms with Gasteiger partial charge in [-0.15, -0.1) is 0 Å². The minimum Gasteiger partial charge on any atom is -0.372 e. The summed E-state index contributed by atoms with van der Waals surface area (Å²) in [7, 11) is 0. The molecule has 1 heteroatoms. The highest BCUT2D eigenvalue weighted by Gasteiger charge is 2.06. The second-order valence-corrected chi connectivity index (χ2v) is 4.84. The Kier molecular flexibility index (Phi) is 6.76. The quantitative estimate of drug-likeness (QED) is 0.584. The summed E-state index contributed by atoms with van der Waals surface area (Å²) in [5.74, 6) is 0.762. The third kappa shape index (κ3) is 5.25. The Balaban J connectivity index is 2.36. The summed E-state index contributed by atoms with van der Waals surface area (Å²) in [6.45, 7) is 10.7. The zero-order chi connectivity index (χ0) is 12.5. The van der Waals surface area contributed by atoms with E-state index in [1.54, 1.807) is 0 Å². The molecule has 1 atom stereocenters. The van der Waals surface area contributed by atoms with Gasteiger partial charge in [-0.2, -0.15) is 0 Å². The molecule has 17 heavy (non-hydrogen) atoms. The van der Waals surface area contributed by atoms with Crippen molar-refractivity contribution < 1.29 is 0 Å². The average Bonchev–Trinajstić information content (AvgIpc) is 2.38. The van der Waals surface area contributed by atoms with E-state index in [9.17, 15) is 0 Å². The predicted molar refractivity (Wildman–Crippen MR) is 76.9 cm³/mol. The number of hydrogen-bond donors (Lipinski definition) is 0. The lowest BCUT2D eigenvalue weighted by Gasteiger charge is -2.24. The normalized spacial score (nSPS) is 19.8. The van der Waals surface area contributed by atoms with E-state index >= 15 is 0 Å². The van der Waals surface area contributed by atoms with Crippen molar-refractivity contribution in [1.82, 2.24) is 4.90 Å². The first kappa shape index (κ1) is 14.1. The number of rotatable bonds is 7. The molecule has 0 N–H and O–H groups in total. The van der Waals surface area contributed by atoms with Gasteiger partial charge in [-0.05, 0) is 38.0 Å². The van der Waals surface area contributed by atoms with E-state index in [4.69, 9.17) is 0 Å². The maximum atomic E-state index is 4.14. The standard InChI is InChI=1S/C16H27N/c1-4-13-17(15(3)5-2)14-9-12-16-10-7-6-8-11-16/h6-7,9,12,16H,3-5,8,10-11,13-14H2,1-2H3/b12-9-. The smallest absolute Gasteiger partial charge is 0.0356 e. The summed E-state index contributed by atoms with van der Waals surface area (Å²) >= 11 is 0. The second-order valence-electron chi connectivity index (χ2n) is 4.84. The van der Waals surface area contributed by atoms with Gasteiger partial charge in [0, 0.05) is 18.8 Å². The molecule has 1 aliphatic carbocycles. The molecular formula is C16H27N. The van der Waals surface area contributed by atoms with Gasteiger partial charge in [-0.3, -0.25) is 0 Å². The van der Waals surface area contributed by atoms with Crippen LogP contribution >= 0.6 is 0 Å². The van der Waals surface area contributed by atoms with E-state index in [1.807, 2.05) is 0 Å². The van der Waals surface area contributed by atoms with Crippen LogP contribution in [-0.4, -0.2) is 18.0 Å². The molecule has 0 radical (unpaired) electrons. The molecule has 0 saturated heterocycles. The highest BCUT2D eigenvalue weighted by molar-refractivity contribution is 5.02. The summed E-state index contributed by atoms with van der Waals surface area (Å²) in [6.07, 6.45) is 15.4. The highest BCUT2D eigenvalue weighted by atomic mass is 15.1. The summed E-state index contributed by atoms with van der Waals surface area (Å²) in [5, 5.41) is 0. The molecule has 0 bridgehead atoms. The minimum atomic E-state index is 0.762. The van der Waals surface area contributed by atoms with Crippen LogP contribution < -0.4 is 0 Å². The van der Waals surface area contributed by atoms with Gasteiger partial charge in [0.15, 0.2) is 0 Å². The predicted octanol–water partition coefficient (Wildman–Crippen LogP) is 4.53. The molecule has 1 rings (SSSR count). The van der Waals surface area contributed by atoms with Gasteiger partial charge in [0.2, 0.25) is 0 Å². The largest absolute Gasteiger partial charge is 0.372 e. The van der Waals surface area contributed by atoms with Gasteiger partial charge in [0.05, 0.1) is 0 Å². The zero-order valence-corrected chi connectivity index (χ0v) is 11.5. The van der Waals surface area contributed by atoms with Gasteiger partial charge >= 0.3 is 0 Å². The Bertz CT molecular complexity index is 275. The molecule has 0 aliphatic heterocycles. The first-order valence-electron chi connectivity index (χ1n) is 7.02. The fourth-order valence-corrected chi connectivity index (χ4v) is 2.24. The van der Waals surface area contributed by atoms with E-state index in [2.05, 4.69) is 49.6 Å². The average molecular weight is 233 g/mol. The molecule has 1 aliphatic rings. The highest BCUT2D eigenvalue weighted by Crippen LogP contribution is 2.19. The van der Waals surface area contributed by atoms with Crippen LogP contribution in [0.3, 0.4) is 0 Å². The van der Waals surface area contributed by atoms with Crippen molar-refractivity contribution in [3.8, 4) is 0 Å². The lowest BCUT2D eigenvalue weighted by atomic mass is 9.94.